The molecule has 0 aliphatic heterocycles. The zero-order valence-electron chi connectivity index (χ0n) is 31.1. The Hall–Kier alpha value is -0.610. The van der Waals surface area contributed by atoms with Crippen molar-refractivity contribution in [2.24, 2.45) is 5.92 Å². The Morgan fingerprint density at radius 2 is 0.800 bits per heavy atom. The van der Waals surface area contributed by atoms with E-state index in [0.29, 0.717) is 12.8 Å². The minimum atomic E-state index is -0.653. The summed E-state index contributed by atoms with van der Waals surface area (Å²) in [4.78, 5) is 12.4. The van der Waals surface area contributed by atoms with Gasteiger partial charge in [-0.1, -0.05) is 213 Å². The highest BCUT2D eigenvalue weighted by atomic mass is 16.3. The molecule has 1 amide bonds. The number of carbonyl (C=O) groups excluding carboxylic acids is 1. The molecule has 0 rings (SSSR count). The number of amides is 1. The largest absolute Gasteiger partial charge is 0.394 e. The summed E-state index contributed by atoms with van der Waals surface area (Å²) in [5.74, 6) is 0.802. The zero-order chi connectivity index (χ0) is 33.1. The molecule has 2 atom stereocenters. The van der Waals surface area contributed by atoms with Crippen molar-refractivity contribution in [3.63, 3.8) is 0 Å². The second-order valence-electron chi connectivity index (χ2n) is 14.9. The highest BCUT2D eigenvalue weighted by Crippen LogP contribution is 2.17. The monoisotopic (exact) mass is 638 g/mol. The lowest BCUT2D eigenvalue weighted by atomic mass is 10.0. The van der Waals surface area contributed by atoms with E-state index in [0.717, 1.165) is 31.6 Å². The van der Waals surface area contributed by atoms with E-state index in [9.17, 15) is 15.0 Å². The Bertz CT molecular complexity index is 581. The van der Waals surface area contributed by atoms with E-state index < -0.39 is 12.1 Å². The third-order valence-electron chi connectivity index (χ3n) is 9.80. The first-order chi connectivity index (χ1) is 22.0. The van der Waals surface area contributed by atoms with Crippen molar-refractivity contribution in [3.05, 3.63) is 0 Å². The zero-order valence-corrected chi connectivity index (χ0v) is 31.1. The van der Waals surface area contributed by atoms with Crippen molar-refractivity contribution in [1.29, 1.82) is 0 Å². The molecule has 3 N–H and O–H groups in total. The summed E-state index contributed by atoms with van der Waals surface area (Å²) >= 11 is 0. The van der Waals surface area contributed by atoms with Gasteiger partial charge < -0.3 is 15.5 Å². The van der Waals surface area contributed by atoms with Gasteiger partial charge in [-0.05, 0) is 18.8 Å². The Labute approximate surface area is 283 Å². The molecule has 0 bridgehead atoms. The van der Waals surface area contributed by atoms with Gasteiger partial charge in [-0.2, -0.15) is 0 Å². The fraction of sp³-hybridized carbons (Fsp3) is 0.976. The van der Waals surface area contributed by atoms with Crippen molar-refractivity contribution in [2.45, 2.75) is 245 Å². The van der Waals surface area contributed by atoms with E-state index in [1.165, 1.54) is 173 Å². The van der Waals surface area contributed by atoms with Crippen molar-refractivity contribution < 1.29 is 15.0 Å². The van der Waals surface area contributed by atoms with Crippen LogP contribution in [0, 0.1) is 5.92 Å². The van der Waals surface area contributed by atoms with Gasteiger partial charge in [0.05, 0.1) is 18.8 Å². The van der Waals surface area contributed by atoms with Gasteiger partial charge in [0.15, 0.2) is 0 Å². The highest BCUT2D eigenvalue weighted by molar-refractivity contribution is 5.76. The summed E-state index contributed by atoms with van der Waals surface area (Å²) < 4.78 is 0. The Morgan fingerprint density at radius 3 is 1.13 bits per heavy atom. The number of nitrogens with one attached hydrogen (secondary N) is 1. The molecule has 0 spiro atoms. The number of rotatable bonds is 37. The average Bonchev–Trinajstić information content (AvgIpc) is 3.02. The lowest BCUT2D eigenvalue weighted by Gasteiger charge is -2.22. The van der Waals surface area contributed by atoms with Crippen LogP contribution >= 0.6 is 0 Å². The Balaban J connectivity index is 3.46. The first-order valence-electron chi connectivity index (χ1n) is 20.6. The molecule has 0 heterocycles. The van der Waals surface area contributed by atoms with Gasteiger partial charge in [-0.15, -0.1) is 0 Å². The van der Waals surface area contributed by atoms with Crippen LogP contribution in [-0.4, -0.2) is 34.9 Å². The van der Waals surface area contributed by atoms with Gasteiger partial charge in [0.2, 0.25) is 5.91 Å². The van der Waals surface area contributed by atoms with Gasteiger partial charge in [0.25, 0.3) is 0 Å². The molecule has 0 aromatic rings. The van der Waals surface area contributed by atoms with Crippen LogP contribution in [-0.2, 0) is 4.79 Å². The summed E-state index contributed by atoms with van der Waals surface area (Å²) in [6.07, 6.45) is 41.7. The predicted octanol–water partition coefficient (Wildman–Crippen LogP) is 12.4. The van der Waals surface area contributed by atoms with Crippen LogP contribution in [0.1, 0.15) is 233 Å². The van der Waals surface area contributed by atoms with Crippen molar-refractivity contribution >= 4 is 5.91 Å². The molecule has 4 heteroatoms. The van der Waals surface area contributed by atoms with E-state index >= 15 is 0 Å². The van der Waals surface area contributed by atoms with Crippen LogP contribution in [0.25, 0.3) is 0 Å². The molecule has 0 aliphatic carbocycles. The van der Waals surface area contributed by atoms with Gasteiger partial charge in [-0.25, -0.2) is 0 Å². The third kappa shape index (κ3) is 34.5. The van der Waals surface area contributed by atoms with Crippen LogP contribution in [0.3, 0.4) is 0 Å². The molecular weight excluding hydrogens is 554 g/mol. The number of hydrogen-bond donors (Lipinski definition) is 3. The topological polar surface area (TPSA) is 69.6 Å². The quantitative estimate of drug-likeness (QED) is 0.0594. The van der Waals surface area contributed by atoms with E-state index in [-0.39, 0.29) is 12.5 Å². The average molecular weight is 638 g/mol. The molecule has 270 valence electrons. The van der Waals surface area contributed by atoms with E-state index in [1.807, 2.05) is 0 Å². The predicted molar refractivity (Wildman–Crippen MR) is 198 cm³/mol. The van der Waals surface area contributed by atoms with Crippen LogP contribution in [0.15, 0.2) is 0 Å². The van der Waals surface area contributed by atoms with E-state index in [2.05, 4.69) is 26.1 Å². The second kappa shape index (κ2) is 36.2. The number of aliphatic hydroxyl groups is 2. The number of hydrogen-bond acceptors (Lipinski definition) is 3. The molecule has 0 aromatic heterocycles. The molecule has 0 saturated heterocycles. The normalized spacial score (nSPS) is 13.0. The van der Waals surface area contributed by atoms with Crippen LogP contribution < -0.4 is 5.32 Å². The lowest BCUT2D eigenvalue weighted by Crippen LogP contribution is -2.45. The SMILES string of the molecule is CCCCCCCCCCCCCCCCCCCCCCCC(=O)NC(CO)C(O)CCCCCCCCCCCC(C)C. The summed E-state index contributed by atoms with van der Waals surface area (Å²) in [7, 11) is 0. The number of carbonyl (C=O) groups is 1. The molecule has 0 saturated carbocycles. The maximum Gasteiger partial charge on any atom is 0.220 e. The van der Waals surface area contributed by atoms with Crippen molar-refractivity contribution in [1.82, 2.24) is 5.32 Å². The minimum absolute atomic E-state index is 0.0284. The minimum Gasteiger partial charge on any atom is -0.394 e. The molecule has 0 fully saturated rings. The highest BCUT2D eigenvalue weighted by Gasteiger charge is 2.20. The molecule has 4 nitrogen and oxygen atoms in total. The van der Waals surface area contributed by atoms with Crippen LogP contribution in [0.4, 0.5) is 0 Å². The third-order valence-corrected chi connectivity index (χ3v) is 9.80. The molecule has 45 heavy (non-hydrogen) atoms. The number of unbranched alkanes of at least 4 members (excludes halogenated alkanes) is 28. The van der Waals surface area contributed by atoms with E-state index in [4.69, 9.17) is 0 Å². The van der Waals surface area contributed by atoms with Gasteiger partial charge in [-0.3, -0.25) is 4.79 Å². The van der Waals surface area contributed by atoms with E-state index in [1.54, 1.807) is 0 Å². The van der Waals surface area contributed by atoms with Gasteiger partial charge >= 0.3 is 0 Å². The summed E-state index contributed by atoms with van der Waals surface area (Å²) in [5, 5.41) is 23.1. The molecule has 0 radical (unpaired) electrons. The molecule has 0 aromatic carbocycles. The van der Waals surface area contributed by atoms with Gasteiger partial charge in [0, 0.05) is 6.42 Å². The maximum absolute atomic E-state index is 12.4. The fourth-order valence-corrected chi connectivity index (χ4v) is 6.60. The lowest BCUT2D eigenvalue weighted by molar-refractivity contribution is -0.123. The fourth-order valence-electron chi connectivity index (χ4n) is 6.60. The van der Waals surface area contributed by atoms with Crippen molar-refractivity contribution in [3.8, 4) is 0 Å². The first-order valence-corrected chi connectivity index (χ1v) is 20.6. The maximum atomic E-state index is 12.4. The standard InChI is InChI=1S/C41H83NO3/c1-4-5-6-7-8-9-10-11-12-13-14-15-16-17-18-19-20-24-27-30-33-36-41(45)42-39(37-43)40(44)35-32-29-26-23-21-22-25-28-31-34-38(2)3/h38-40,43-44H,4-37H2,1-3H3,(H,42,45). The Morgan fingerprint density at radius 1 is 0.489 bits per heavy atom. The number of aliphatic hydroxyl groups excluding tert-OH is 2. The van der Waals surface area contributed by atoms with Crippen molar-refractivity contribution in [2.75, 3.05) is 6.61 Å². The van der Waals surface area contributed by atoms with Crippen LogP contribution in [0.2, 0.25) is 0 Å². The first kappa shape index (κ1) is 44.4. The molecule has 2 unspecified atom stereocenters. The summed E-state index contributed by atoms with van der Waals surface area (Å²) in [6.45, 7) is 6.71. The summed E-state index contributed by atoms with van der Waals surface area (Å²) in [5.41, 5.74) is 0. The molecular formula is C41H83NO3. The smallest absolute Gasteiger partial charge is 0.220 e. The summed E-state index contributed by atoms with van der Waals surface area (Å²) in [6, 6.07) is -0.529. The van der Waals surface area contributed by atoms with Gasteiger partial charge in [0.1, 0.15) is 0 Å². The molecule has 0 aliphatic rings. The van der Waals surface area contributed by atoms with Crippen LogP contribution in [0.5, 0.6) is 0 Å². The Kier molecular flexibility index (Phi) is 35.7. The second-order valence-corrected chi connectivity index (χ2v) is 14.9.